The van der Waals surface area contributed by atoms with Crippen LogP contribution in [-0.2, 0) is 16.0 Å². The third kappa shape index (κ3) is 5.07. The second kappa shape index (κ2) is 9.17. The van der Waals surface area contributed by atoms with E-state index in [2.05, 4.69) is 10.2 Å². The van der Waals surface area contributed by atoms with Gasteiger partial charge in [-0.2, -0.15) is 0 Å². The van der Waals surface area contributed by atoms with Gasteiger partial charge in [-0.25, -0.2) is 0 Å². The maximum absolute atomic E-state index is 12.6. The maximum Gasteiger partial charge on any atom is 0.240 e. The van der Waals surface area contributed by atoms with Gasteiger partial charge in [-0.1, -0.05) is 49.6 Å². The zero-order valence-corrected chi connectivity index (χ0v) is 15.5. The first-order chi connectivity index (χ1) is 12.6. The van der Waals surface area contributed by atoms with Crippen molar-refractivity contribution in [3.8, 4) is 0 Å². The van der Waals surface area contributed by atoms with Gasteiger partial charge < -0.3 is 16.0 Å². The third-order valence-corrected chi connectivity index (χ3v) is 5.93. The molecule has 1 saturated heterocycles. The van der Waals surface area contributed by atoms with E-state index in [1.54, 1.807) is 0 Å². The molecule has 0 aromatic heterocycles. The van der Waals surface area contributed by atoms with Crippen LogP contribution in [0.4, 0.5) is 0 Å². The van der Waals surface area contributed by atoms with Crippen molar-refractivity contribution in [1.29, 1.82) is 0 Å². The van der Waals surface area contributed by atoms with E-state index in [-0.39, 0.29) is 11.8 Å². The van der Waals surface area contributed by atoms with Crippen molar-refractivity contribution in [1.82, 2.24) is 10.2 Å². The molecule has 2 aliphatic rings. The Balaban J connectivity index is 1.49. The Kier molecular flexibility index (Phi) is 6.67. The summed E-state index contributed by atoms with van der Waals surface area (Å²) in [5.41, 5.74) is 6.52. The zero-order valence-electron chi connectivity index (χ0n) is 15.5. The number of amides is 2. The van der Waals surface area contributed by atoms with Crippen molar-refractivity contribution in [2.24, 2.45) is 11.7 Å². The van der Waals surface area contributed by atoms with Gasteiger partial charge in [0.1, 0.15) is 6.04 Å². The van der Waals surface area contributed by atoms with E-state index in [4.69, 9.17) is 5.73 Å². The van der Waals surface area contributed by atoms with Crippen molar-refractivity contribution in [2.75, 3.05) is 13.1 Å². The molecule has 26 heavy (non-hydrogen) atoms. The van der Waals surface area contributed by atoms with Crippen LogP contribution in [0.2, 0.25) is 0 Å². The minimum absolute atomic E-state index is 0.00698. The molecule has 142 valence electrons. The molecule has 0 radical (unpaired) electrons. The van der Waals surface area contributed by atoms with Crippen LogP contribution in [0.3, 0.4) is 0 Å². The Hall–Kier alpha value is -1.88. The number of carbonyl (C=O) groups is 2. The molecule has 1 aliphatic carbocycles. The molecular weight excluding hydrogens is 326 g/mol. The fourth-order valence-corrected chi connectivity index (χ4v) is 4.34. The number of nitrogens with zero attached hydrogens (tertiary/aromatic N) is 1. The largest absolute Gasteiger partial charge is 0.368 e. The predicted molar refractivity (Wildman–Crippen MR) is 102 cm³/mol. The van der Waals surface area contributed by atoms with Crippen LogP contribution in [0.5, 0.6) is 0 Å². The highest BCUT2D eigenvalue weighted by Gasteiger charge is 2.31. The zero-order chi connectivity index (χ0) is 18.4. The molecule has 0 unspecified atom stereocenters. The number of nitrogens with two attached hydrogens (primary N) is 1. The van der Waals surface area contributed by atoms with E-state index in [1.807, 2.05) is 30.3 Å². The average molecular weight is 357 g/mol. The summed E-state index contributed by atoms with van der Waals surface area (Å²) in [7, 11) is 0. The first-order valence-corrected chi connectivity index (χ1v) is 10.0. The lowest BCUT2D eigenvalue weighted by Gasteiger charge is -2.39. The van der Waals surface area contributed by atoms with Crippen LogP contribution in [0.15, 0.2) is 30.3 Å². The first kappa shape index (κ1) is 18.9. The lowest BCUT2D eigenvalue weighted by Crippen LogP contribution is -2.50. The minimum Gasteiger partial charge on any atom is -0.368 e. The van der Waals surface area contributed by atoms with Gasteiger partial charge in [0.15, 0.2) is 0 Å². The van der Waals surface area contributed by atoms with Gasteiger partial charge >= 0.3 is 0 Å². The molecule has 3 N–H and O–H groups in total. The van der Waals surface area contributed by atoms with Gasteiger partial charge in [0.2, 0.25) is 11.8 Å². The van der Waals surface area contributed by atoms with Crippen LogP contribution >= 0.6 is 0 Å². The van der Waals surface area contributed by atoms with Crippen molar-refractivity contribution < 1.29 is 9.59 Å². The fourth-order valence-electron chi connectivity index (χ4n) is 4.34. The van der Waals surface area contributed by atoms with Gasteiger partial charge in [-0.15, -0.1) is 0 Å². The molecule has 2 fully saturated rings. The Morgan fingerprint density at radius 2 is 1.69 bits per heavy atom. The van der Waals surface area contributed by atoms with Gasteiger partial charge in [-0.05, 0) is 44.3 Å². The standard InChI is InChI=1S/C21H31N3O2/c22-20(25)19(15-16-7-3-1-4-8-16)23-21(26)17-11-13-24(14-12-17)18-9-5-2-6-10-18/h1,3-4,7-8,17-19H,2,5-6,9-15H2,(H2,22,25)(H,23,26)/t19-/m0/s1. The molecule has 5 nitrogen and oxygen atoms in total. The first-order valence-electron chi connectivity index (χ1n) is 10.0. The SMILES string of the molecule is NC(=O)[C@H](Cc1ccccc1)NC(=O)C1CCN(C2CCCCC2)CC1. The Labute approximate surface area is 156 Å². The summed E-state index contributed by atoms with van der Waals surface area (Å²) in [5.74, 6) is -0.498. The number of hydrogen-bond acceptors (Lipinski definition) is 3. The summed E-state index contributed by atoms with van der Waals surface area (Å²) >= 11 is 0. The molecule has 1 atom stereocenters. The van der Waals surface area contributed by atoms with Crippen molar-refractivity contribution in [2.45, 2.75) is 63.5 Å². The summed E-state index contributed by atoms with van der Waals surface area (Å²) in [6.45, 7) is 1.98. The highest BCUT2D eigenvalue weighted by atomic mass is 16.2. The molecule has 1 aromatic carbocycles. The van der Waals surface area contributed by atoms with Crippen LogP contribution < -0.4 is 11.1 Å². The third-order valence-electron chi connectivity index (χ3n) is 5.93. The maximum atomic E-state index is 12.6. The quantitative estimate of drug-likeness (QED) is 0.820. The van der Waals surface area contributed by atoms with E-state index in [0.29, 0.717) is 12.5 Å². The topological polar surface area (TPSA) is 75.4 Å². The monoisotopic (exact) mass is 357 g/mol. The van der Waals surface area contributed by atoms with Crippen LogP contribution in [0, 0.1) is 5.92 Å². The van der Waals surface area contributed by atoms with Crippen LogP contribution in [-0.4, -0.2) is 41.9 Å². The predicted octanol–water partition coefficient (Wildman–Crippen LogP) is 2.24. The number of rotatable bonds is 6. The van der Waals surface area contributed by atoms with Crippen molar-refractivity contribution in [3.05, 3.63) is 35.9 Å². The number of piperidine rings is 1. The molecular formula is C21H31N3O2. The number of benzene rings is 1. The number of hydrogen-bond donors (Lipinski definition) is 2. The lowest BCUT2D eigenvalue weighted by atomic mass is 9.89. The number of carbonyl (C=O) groups excluding carboxylic acids is 2. The minimum atomic E-state index is -0.638. The van der Waals surface area contributed by atoms with Crippen molar-refractivity contribution >= 4 is 11.8 Å². The molecule has 0 bridgehead atoms. The van der Waals surface area contributed by atoms with Gasteiger partial charge in [-0.3, -0.25) is 9.59 Å². The number of primary amides is 1. The second-order valence-electron chi connectivity index (χ2n) is 7.76. The molecule has 1 heterocycles. The van der Waals surface area contributed by atoms with E-state index in [0.717, 1.165) is 31.5 Å². The normalized spacial score (nSPS) is 21.2. The summed E-state index contributed by atoms with van der Waals surface area (Å²) in [5, 5.41) is 2.90. The van der Waals surface area contributed by atoms with E-state index >= 15 is 0 Å². The molecule has 1 aromatic rings. The Bertz CT molecular complexity index is 591. The van der Waals surface area contributed by atoms with Crippen molar-refractivity contribution in [3.63, 3.8) is 0 Å². The summed E-state index contributed by atoms with van der Waals surface area (Å²) in [6, 6.07) is 9.76. The number of likely N-dealkylation sites (tertiary alicyclic amines) is 1. The second-order valence-corrected chi connectivity index (χ2v) is 7.76. The van der Waals surface area contributed by atoms with E-state index in [9.17, 15) is 9.59 Å². The molecule has 1 aliphatic heterocycles. The molecule has 5 heteroatoms. The lowest BCUT2D eigenvalue weighted by molar-refractivity contribution is -0.131. The van der Waals surface area contributed by atoms with Gasteiger partial charge in [0, 0.05) is 18.4 Å². The Morgan fingerprint density at radius 3 is 2.31 bits per heavy atom. The highest BCUT2D eigenvalue weighted by Crippen LogP contribution is 2.27. The summed E-state index contributed by atoms with van der Waals surface area (Å²) in [4.78, 5) is 27.0. The van der Waals surface area contributed by atoms with E-state index in [1.165, 1.54) is 32.1 Å². The summed E-state index contributed by atoms with van der Waals surface area (Å²) in [6.07, 6.45) is 8.84. The van der Waals surface area contributed by atoms with Crippen LogP contribution in [0.25, 0.3) is 0 Å². The van der Waals surface area contributed by atoms with Gasteiger partial charge in [0.05, 0.1) is 0 Å². The van der Waals surface area contributed by atoms with Crippen LogP contribution in [0.1, 0.15) is 50.5 Å². The molecule has 2 amide bonds. The van der Waals surface area contributed by atoms with Gasteiger partial charge in [0.25, 0.3) is 0 Å². The van der Waals surface area contributed by atoms with E-state index < -0.39 is 11.9 Å². The highest BCUT2D eigenvalue weighted by molar-refractivity contribution is 5.87. The summed E-state index contributed by atoms with van der Waals surface area (Å²) < 4.78 is 0. The molecule has 1 saturated carbocycles. The smallest absolute Gasteiger partial charge is 0.240 e. The number of nitrogens with one attached hydrogen (secondary N) is 1. The fraction of sp³-hybridized carbons (Fsp3) is 0.619. The molecule has 3 rings (SSSR count). The average Bonchev–Trinajstić information content (AvgIpc) is 2.69. The molecule has 0 spiro atoms. The Morgan fingerprint density at radius 1 is 1.04 bits per heavy atom.